The van der Waals surface area contributed by atoms with Crippen LogP contribution in [0.4, 0.5) is 0 Å². The Morgan fingerprint density at radius 1 is 1.27 bits per heavy atom. The third kappa shape index (κ3) is 3.69. The number of amides is 1. The van der Waals surface area contributed by atoms with Gasteiger partial charge in [-0.05, 0) is 63.2 Å². The van der Waals surface area contributed by atoms with Crippen molar-refractivity contribution in [2.45, 2.75) is 20.8 Å². The van der Waals surface area contributed by atoms with Crippen molar-refractivity contribution in [1.29, 1.82) is 0 Å². The van der Waals surface area contributed by atoms with Crippen LogP contribution >= 0.6 is 0 Å². The average molecular weight is 350 g/mol. The van der Waals surface area contributed by atoms with Crippen LogP contribution in [-0.2, 0) is 0 Å². The zero-order valence-corrected chi connectivity index (χ0v) is 15.1. The van der Waals surface area contributed by atoms with Crippen LogP contribution in [0.15, 0.2) is 53.8 Å². The first-order valence-electron chi connectivity index (χ1n) is 8.49. The Morgan fingerprint density at radius 3 is 2.69 bits per heavy atom. The quantitative estimate of drug-likeness (QED) is 0.527. The summed E-state index contributed by atoms with van der Waals surface area (Å²) in [6.45, 7) is 6.68. The molecule has 2 N–H and O–H groups in total. The van der Waals surface area contributed by atoms with Gasteiger partial charge in [0.1, 0.15) is 11.4 Å². The van der Waals surface area contributed by atoms with Gasteiger partial charge < -0.3 is 14.3 Å². The first kappa shape index (κ1) is 17.5. The number of rotatable bonds is 6. The number of nitrogens with one attached hydrogen (secondary N) is 2. The van der Waals surface area contributed by atoms with E-state index >= 15 is 0 Å². The van der Waals surface area contributed by atoms with Gasteiger partial charge in [0.2, 0.25) is 0 Å². The SMILES string of the molecule is CCOc1ccc(-n2c(C)cc(/C=N\NC(=O)c3ccc[nH]3)c2C)cc1. The molecule has 6 heteroatoms. The van der Waals surface area contributed by atoms with Gasteiger partial charge >= 0.3 is 0 Å². The molecule has 1 amide bonds. The van der Waals surface area contributed by atoms with Crippen LogP contribution in [0.3, 0.4) is 0 Å². The van der Waals surface area contributed by atoms with E-state index in [1.807, 2.05) is 51.1 Å². The van der Waals surface area contributed by atoms with E-state index in [1.165, 1.54) is 0 Å². The second-order valence-electron chi connectivity index (χ2n) is 5.87. The molecule has 134 valence electrons. The van der Waals surface area contributed by atoms with Gasteiger partial charge in [-0.15, -0.1) is 0 Å². The minimum absolute atomic E-state index is 0.272. The second-order valence-corrected chi connectivity index (χ2v) is 5.87. The summed E-state index contributed by atoms with van der Waals surface area (Å²) in [6.07, 6.45) is 3.36. The molecule has 0 aliphatic rings. The summed E-state index contributed by atoms with van der Waals surface area (Å²) in [6, 6.07) is 13.5. The third-order valence-electron chi connectivity index (χ3n) is 4.09. The molecule has 1 aromatic carbocycles. The Bertz CT molecular complexity index is 906. The van der Waals surface area contributed by atoms with Crippen molar-refractivity contribution >= 4 is 12.1 Å². The lowest BCUT2D eigenvalue weighted by Gasteiger charge is -2.10. The van der Waals surface area contributed by atoms with Gasteiger partial charge in [-0.1, -0.05) is 0 Å². The van der Waals surface area contributed by atoms with Crippen molar-refractivity contribution in [2.75, 3.05) is 6.61 Å². The lowest BCUT2D eigenvalue weighted by atomic mass is 10.2. The van der Waals surface area contributed by atoms with Gasteiger partial charge in [0, 0.05) is 28.8 Å². The van der Waals surface area contributed by atoms with Crippen molar-refractivity contribution in [1.82, 2.24) is 15.0 Å². The normalized spacial score (nSPS) is 11.0. The molecule has 0 aliphatic heterocycles. The minimum atomic E-state index is -0.272. The number of aryl methyl sites for hydroxylation is 1. The van der Waals surface area contributed by atoms with Crippen LogP contribution in [-0.4, -0.2) is 28.3 Å². The molecule has 2 aromatic heterocycles. The van der Waals surface area contributed by atoms with Gasteiger partial charge in [0.15, 0.2) is 0 Å². The minimum Gasteiger partial charge on any atom is -0.494 e. The number of hydrogen-bond donors (Lipinski definition) is 2. The largest absolute Gasteiger partial charge is 0.494 e. The van der Waals surface area contributed by atoms with Gasteiger partial charge in [-0.25, -0.2) is 5.43 Å². The van der Waals surface area contributed by atoms with Crippen molar-refractivity contribution in [3.8, 4) is 11.4 Å². The van der Waals surface area contributed by atoms with Crippen molar-refractivity contribution in [3.63, 3.8) is 0 Å². The predicted octanol–water partition coefficient (Wildman–Crippen LogP) is 3.58. The average Bonchev–Trinajstić information content (AvgIpc) is 3.25. The highest BCUT2D eigenvalue weighted by Crippen LogP contribution is 2.22. The summed E-state index contributed by atoms with van der Waals surface area (Å²) in [5, 5.41) is 4.07. The highest BCUT2D eigenvalue weighted by Gasteiger charge is 2.10. The lowest BCUT2D eigenvalue weighted by molar-refractivity contribution is 0.0951. The van der Waals surface area contributed by atoms with Crippen LogP contribution in [0.2, 0.25) is 0 Å². The fourth-order valence-electron chi connectivity index (χ4n) is 2.87. The van der Waals surface area contributed by atoms with E-state index in [1.54, 1.807) is 24.5 Å². The molecule has 0 aliphatic carbocycles. The van der Waals surface area contributed by atoms with Crippen LogP contribution in [0.5, 0.6) is 5.75 Å². The Balaban J connectivity index is 1.77. The van der Waals surface area contributed by atoms with Gasteiger partial charge in [0.25, 0.3) is 5.91 Å². The number of hydrogen-bond acceptors (Lipinski definition) is 3. The van der Waals surface area contributed by atoms with E-state index in [0.29, 0.717) is 12.3 Å². The molecule has 0 fully saturated rings. The molecule has 0 radical (unpaired) electrons. The fourth-order valence-corrected chi connectivity index (χ4v) is 2.87. The summed E-state index contributed by atoms with van der Waals surface area (Å²) in [5.74, 6) is 0.582. The molecule has 0 saturated heterocycles. The topological polar surface area (TPSA) is 71.4 Å². The molecular formula is C20H22N4O2. The molecular weight excluding hydrogens is 328 g/mol. The number of H-pyrrole nitrogens is 1. The molecule has 0 bridgehead atoms. The van der Waals surface area contributed by atoms with Gasteiger partial charge in [0.05, 0.1) is 12.8 Å². The smallest absolute Gasteiger partial charge is 0.287 e. The Hall–Kier alpha value is -3.28. The number of nitrogens with zero attached hydrogens (tertiary/aromatic N) is 2. The second kappa shape index (κ2) is 7.74. The van der Waals surface area contributed by atoms with E-state index in [4.69, 9.17) is 4.74 Å². The molecule has 3 rings (SSSR count). The zero-order chi connectivity index (χ0) is 18.5. The standard InChI is InChI=1S/C20H22N4O2/c1-4-26-18-9-7-17(8-10-18)24-14(2)12-16(15(24)3)13-22-23-20(25)19-6-5-11-21-19/h5-13,21H,4H2,1-3H3,(H,23,25)/b22-13-. The van der Waals surface area contributed by atoms with Crippen molar-refractivity contribution < 1.29 is 9.53 Å². The maximum absolute atomic E-state index is 11.9. The molecule has 0 spiro atoms. The molecule has 6 nitrogen and oxygen atoms in total. The molecule has 0 saturated carbocycles. The first-order valence-corrected chi connectivity index (χ1v) is 8.49. The van der Waals surface area contributed by atoms with E-state index in [0.717, 1.165) is 28.4 Å². The van der Waals surface area contributed by atoms with Crippen LogP contribution < -0.4 is 10.2 Å². The number of hydrazone groups is 1. The van der Waals surface area contributed by atoms with E-state index in [2.05, 4.69) is 20.1 Å². The van der Waals surface area contributed by atoms with Crippen molar-refractivity contribution in [3.05, 3.63) is 71.3 Å². The predicted molar refractivity (Wildman–Crippen MR) is 102 cm³/mol. The maximum atomic E-state index is 11.9. The summed E-state index contributed by atoms with van der Waals surface area (Å²) >= 11 is 0. The molecule has 3 aromatic rings. The molecule has 26 heavy (non-hydrogen) atoms. The molecule has 0 unspecified atom stereocenters. The van der Waals surface area contributed by atoms with Crippen LogP contribution in [0, 0.1) is 13.8 Å². The molecule has 2 heterocycles. The number of carbonyl (C=O) groups excluding carboxylic acids is 1. The maximum Gasteiger partial charge on any atom is 0.287 e. The van der Waals surface area contributed by atoms with Gasteiger partial charge in [-0.3, -0.25) is 4.79 Å². The molecule has 0 atom stereocenters. The number of benzene rings is 1. The van der Waals surface area contributed by atoms with Crippen LogP contribution in [0.25, 0.3) is 5.69 Å². The van der Waals surface area contributed by atoms with Crippen molar-refractivity contribution in [2.24, 2.45) is 5.10 Å². The van der Waals surface area contributed by atoms with Crippen LogP contribution in [0.1, 0.15) is 34.4 Å². The summed E-state index contributed by atoms with van der Waals surface area (Å²) < 4.78 is 7.64. The fraction of sp³-hybridized carbons (Fsp3) is 0.200. The van der Waals surface area contributed by atoms with Gasteiger partial charge in [-0.2, -0.15) is 5.10 Å². The summed E-state index contributed by atoms with van der Waals surface area (Å²) in [7, 11) is 0. The summed E-state index contributed by atoms with van der Waals surface area (Å²) in [4.78, 5) is 14.7. The van der Waals surface area contributed by atoms with E-state index in [-0.39, 0.29) is 5.91 Å². The number of carbonyl (C=O) groups is 1. The Labute approximate surface area is 152 Å². The first-order chi connectivity index (χ1) is 12.6. The third-order valence-corrected chi connectivity index (χ3v) is 4.09. The number of aromatic amines is 1. The highest BCUT2D eigenvalue weighted by molar-refractivity contribution is 5.93. The number of ether oxygens (including phenoxy) is 1. The highest BCUT2D eigenvalue weighted by atomic mass is 16.5. The Morgan fingerprint density at radius 2 is 2.04 bits per heavy atom. The Kier molecular flexibility index (Phi) is 5.22. The lowest BCUT2D eigenvalue weighted by Crippen LogP contribution is -2.17. The monoisotopic (exact) mass is 350 g/mol. The van der Waals surface area contributed by atoms with E-state index < -0.39 is 0 Å². The van der Waals surface area contributed by atoms with E-state index in [9.17, 15) is 4.79 Å². The number of aromatic nitrogens is 2. The zero-order valence-electron chi connectivity index (χ0n) is 15.1. The summed E-state index contributed by atoms with van der Waals surface area (Å²) in [5.41, 5.74) is 7.13.